The van der Waals surface area contributed by atoms with Crippen LogP contribution in [0.2, 0.25) is 0 Å². The van der Waals surface area contributed by atoms with E-state index in [1.807, 2.05) is 44.2 Å². The number of ether oxygens (including phenoxy) is 2. The highest BCUT2D eigenvalue weighted by Gasteiger charge is 2.11. The Morgan fingerprint density at radius 3 is 2.38 bits per heavy atom. The lowest BCUT2D eigenvalue weighted by Crippen LogP contribution is -2.38. The standard InChI is InChI=1S/C16H26N2O3/c1-4-20-15(21-5-2)12-9-13-17-16(19)18(3)14-10-7-6-8-11-14/h6-8,10-11,15H,4-5,9,12-13H2,1-3H3,(H,17,19). The van der Waals surface area contributed by atoms with E-state index in [9.17, 15) is 4.79 Å². The summed E-state index contributed by atoms with van der Waals surface area (Å²) < 4.78 is 10.9. The van der Waals surface area contributed by atoms with Crippen LogP contribution in [0.5, 0.6) is 0 Å². The molecule has 0 aliphatic heterocycles. The molecular formula is C16H26N2O3. The van der Waals surface area contributed by atoms with Gasteiger partial charge in [-0.25, -0.2) is 4.79 Å². The number of hydrogen-bond acceptors (Lipinski definition) is 3. The minimum Gasteiger partial charge on any atom is -0.353 e. The molecule has 0 aromatic heterocycles. The third kappa shape index (κ3) is 6.60. The zero-order valence-corrected chi connectivity index (χ0v) is 13.2. The van der Waals surface area contributed by atoms with Crippen LogP contribution in [0, 0.1) is 0 Å². The maximum atomic E-state index is 12.0. The molecule has 1 aromatic rings. The fraction of sp³-hybridized carbons (Fsp3) is 0.562. The predicted octanol–water partition coefficient (Wildman–Crippen LogP) is 3.01. The molecule has 0 aliphatic rings. The number of anilines is 1. The Bertz CT molecular complexity index is 392. The number of nitrogens with one attached hydrogen (secondary N) is 1. The fourth-order valence-corrected chi connectivity index (χ4v) is 1.94. The fourth-order valence-electron chi connectivity index (χ4n) is 1.94. The van der Waals surface area contributed by atoms with Crippen molar-refractivity contribution in [2.24, 2.45) is 0 Å². The Labute approximate surface area is 127 Å². The van der Waals surface area contributed by atoms with Crippen molar-refractivity contribution >= 4 is 11.7 Å². The Balaban J connectivity index is 2.27. The van der Waals surface area contributed by atoms with E-state index in [1.54, 1.807) is 11.9 Å². The maximum Gasteiger partial charge on any atom is 0.321 e. The number of carbonyl (C=O) groups is 1. The van der Waals surface area contributed by atoms with Crippen LogP contribution in [-0.4, -0.2) is 39.1 Å². The van der Waals surface area contributed by atoms with E-state index < -0.39 is 0 Å². The minimum absolute atomic E-state index is 0.106. The average Bonchev–Trinajstić information content (AvgIpc) is 2.51. The highest BCUT2D eigenvalue weighted by atomic mass is 16.7. The summed E-state index contributed by atoms with van der Waals surface area (Å²) in [5.41, 5.74) is 0.872. The second-order valence-electron chi connectivity index (χ2n) is 4.61. The van der Waals surface area contributed by atoms with Gasteiger partial charge in [-0.05, 0) is 32.4 Å². The maximum absolute atomic E-state index is 12.0. The van der Waals surface area contributed by atoms with Crippen LogP contribution < -0.4 is 10.2 Å². The summed E-state index contributed by atoms with van der Waals surface area (Å²) in [6, 6.07) is 9.45. The lowest BCUT2D eigenvalue weighted by molar-refractivity contribution is -0.139. The van der Waals surface area contributed by atoms with Gasteiger partial charge in [0.1, 0.15) is 0 Å². The second kappa shape index (κ2) is 10.2. The first-order chi connectivity index (χ1) is 10.2. The number of para-hydroxylation sites is 1. The summed E-state index contributed by atoms with van der Waals surface area (Å²) >= 11 is 0. The Morgan fingerprint density at radius 1 is 1.19 bits per heavy atom. The van der Waals surface area contributed by atoms with Gasteiger partial charge in [0.2, 0.25) is 0 Å². The molecule has 5 nitrogen and oxygen atoms in total. The number of nitrogens with zero attached hydrogens (tertiary/aromatic N) is 1. The Kier molecular flexibility index (Phi) is 8.47. The van der Waals surface area contributed by atoms with E-state index in [4.69, 9.17) is 9.47 Å². The zero-order chi connectivity index (χ0) is 15.5. The second-order valence-corrected chi connectivity index (χ2v) is 4.61. The third-order valence-corrected chi connectivity index (χ3v) is 3.05. The summed E-state index contributed by atoms with van der Waals surface area (Å²) in [5.74, 6) is 0. The van der Waals surface area contributed by atoms with Crippen molar-refractivity contribution < 1.29 is 14.3 Å². The van der Waals surface area contributed by atoms with Crippen LogP contribution in [0.15, 0.2) is 30.3 Å². The van der Waals surface area contributed by atoms with Gasteiger partial charge in [0.05, 0.1) is 0 Å². The number of urea groups is 1. The van der Waals surface area contributed by atoms with E-state index in [2.05, 4.69) is 5.32 Å². The van der Waals surface area contributed by atoms with Crippen LogP contribution in [0.4, 0.5) is 10.5 Å². The predicted molar refractivity (Wildman–Crippen MR) is 84.5 cm³/mol. The number of amides is 2. The molecule has 1 rings (SSSR count). The summed E-state index contributed by atoms with van der Waals surface area (Å²) in [6.07, 6.45) is 1.42. The van der Waals surface area contributed by atoms with E-state index >= 15 is 0 Å². The van der Waals surface area contributed by atoms with Crippen molar-refractivity contribution in [1.82, 2.24) is 5.32 Å². The van der Waals surface area contributed by atoms with Gasteiger partial charge in [0.15, 0.2) is 6.29 Å². The molecule has 0 aliphatic carbocycles. The van der Waals surface area contributed by atoms with Gasteiger partial charge in [0, 0.05) is 38.9 Å². The SMILES string of the molecule is CCOC(CCCNC(=O)N(C)c1ccccc1)OCC. The highest BCUT2D eigenvalue weighted by Crippen LogP contribution is 2.10. The number of hydrogen-bond donors (Lipinski definition) is 1. The first-order valence-electron chi connectivity index (χ1n) is 7.48. The summed E-state index contributed by atoms with van der Waals surface area (Å²) in [4.78, 5) is 13.6. The van der Waals surface area contributed by atoms with Crippen LogP contribution >= 0.6 is 0 Å². The van der Waals surface area contributed by atoms with Gasteiger partial charge in [-0.15, -0.1) is 0 Å². The lowest BCUT2D eigenvalue weighted by Gasteiger charge is -2.19. The van der Waals surface area contributed by atoms with Gasteiger partial charge in [-0.2, -0.15) is 0 Å². The van der Waals surface area contributed by atoms with Crippen LogP contribution in [-0.2, 0) is 9.47 Å². The lowest BCUT2D eigenvalue weighted by atomic mass is 10.3. The molecule has 0 saturated heterocycles. The molecule has 0 unspecified atom stereocenters. The van der Waals surface area contributed by atoms with Gasteiger partial charge in [-0.1, -0.05) is 18.2 Å². The molecule has 21 heavy (non-hydrogen) atoms. The smallest absolute Gasteiger partial charge is 0.321 e. The number of rotatable bonds is 9. The van der Waals surface area contributed by atoms with Crippen molar-refractivity contribution in [1.29, 1.82) is 0 Å². The largest absolute Gasteiger partial charge is 0.353 e. The van der Waals surface area contributed by atoms with Gasteiger partial charge < -0.3 is 14.8 Å². The third-order valence-electron chi connectivity index (χ3n) is 3.05. The van der Waals surface area contributed by atoms with E-state index in [0.717, 1.165) is 18.5 Å². The molecule has 1 aromatic carbocycles. The van der Waals surface area contributed by atoms with Gasteiger partial charge in [0.25, 0.3) is 0 Å². The molecule has 2 amide bonds. The van der Waals surface area contributed by atoms with Crippen molar-refractivity contribution in [2.75, 3.05) is 31.7 Å². The number of carbonyl (C=O) groups excluding carboxylic acids is 1. The van der Waals surface area contributed by atoms with Crippen LogP contribution in [0.25, 0.3) is 0 Å². The Hall–Kier alpha value is -1.59. The van der Waals surface area contributed by atoms with Crippen LogP contribution in [0.1, 0.15) is 26.7 Å². The molecule has 0 atom stereocenters. The zero-order valence-electron chi connectivity index (χ0n) is 13.2. The molecule has 5 heteroatoms. The number of benzene rings is 1. The van der Waals surface area contributed by atoms with Crippen molar-refractivity contribution in [3.8, 4) is 0 Å². The molecular weight excluding hydrogens is 268 g/mol. The molecule has 1 N–H and O–H groups in total. The van der Waals surface area contributed by atoms with Crippen molar-refractivity contribution in [2.45, 2.75) is 33.0 Å². The van der Waals surface area contributed by atoms with E-state index in [0.29, 0.717) is 19.8 Å². The first-order valence-corrected chi connectivity index (χ1v) is 7.48. The normalized spacial score (nSPS) is 10.7. The molecule has 0 radical (unpaired) electrons. The van der Waals surface area contributed by atoms with Crippen molar-refractivity contribution in [3.63, 3.8) is 0 Å². The molecule has 0 fully saturated rings. The monoisotopic (exact) mass is 294 g/mol. The molecule has 0 spiro atoms. The summed E-state index contributed by atoms with van der Waals surface area (Å²) in [7, 11) is 1.76. The molecule has 0 bridgehead atoms. The van der Waals surface area contributed by atoms with Crippen molar-refractivity contribution in [3.05, 3.63) is 30.3 Å². The molecule has 118 valence electrons. The van der Waals surface area contributed by atoms with Gasteiger partial charge in [-0.3, -0.25) is 4.90 Å². The Morgan fingerprint density at radius 2 is 1.81 bits per heavy atom. The van der Waals surface area contributed by atoms with Crippen LogP contribution in [0.3, 0.4) is 0 Å². The minimum atomic E-state index is -0.177. The van der Waals surface area contributed by atoms with E-state index in [-0.39, 0.29) is 12.3 Å². The van der Waals surface area contributed by atoms with Gasteiger partial charge >= 0.3 is 6.03 Å². The highest BCUT2D eigenvalue weighted by molar-refractivity contribution is 5.91. The van der Waals surface area contributed by atoms with E-state index in [1.165, 1.54) is 0 Å². The molecule has 0 saturated carbocycles. The first kappa shape index (κ1) is 17.5. The average molecular weight is 294 g/mol. The quantitative estimate of drug-likeness (QED) is 0.562. The summed E-state index contributed by atoms with van der Waals surface area (Å²) in [6.45, 7) is 5.76. The molecule has 0 heterocycles. The topological polar surface area (TPSA) is 50.8 Å². The summed E-state index contributed by atoms with van der Waals surface area (Å²) in [5, 5.41) is 2.90.